The minimum absolute atomic E-state index is 0.0912. The summed E-state index contributed by atoms with van der Waals surface area (Å²) in [6.45, 7) is 8.05. The van der Waals surface area contributed by atoms with Crippen LogP contribution >= 0.6 is 0 Å². The van der Waals surface area contributed by atoms with Gasteiger partial charge in [-0.1, -0.05) is 36.8 Å². The van der Waals surface area contributed by atoms with Gasteiger partial charge in [-0.15, -0.1) is 0 Å². The molecular weight excluding hydrogens is 372 g/mol. The Labute approximate surface area is 172 Å². The van der Waals surface area contributed by atoms with E-state index in [1.807, 2.05) is 0 Å². The quantitative estimate of drug-likeness (QED) is 0.662. The SMILES string of the molecule is Cc1ccc(C(CNC(=O)N2CCNC(=O)C2)N2CCC(C)CC2)cc1.O=CO. The van der Waals surface area contributed by atoms with Gasteiger partial charge in [0.1, 0.15) is 6.54 Å². The van der Waals surface area contributed by atoms with Crippen molar-refractivity contribution in [1.82, 2.24) is 20.4 Å². The van der Waals surface area contributed by atoms with Crippen molar-refractivity contribution in [3.8, 4) is 0 Å². The molecule has 1 atom stereocenters. The number of nitrogens with zero attached hydrogens (tertiary/aromatic N) is 2. The molecule has 2 saturated heterocycles. The Bertz CT molecular complexity index is 672. The molecule has 0 bridgehead atoms. The Balaban J connectivity index is 0.000000941. The van der Waals surface area contributed by atoms with Gasteiger partial charge in [0.2, 0.25) is 5.91 Å². The van der Waals surface area contributed by atoms with Crippen molar-refractivity contribution in [2.75, 3.05) is 39.3 Å². The molecule has 8 nitrogen and oxygen atoms in total. The minimum atomic E-state index is -0.250. The van der Waals surface area contributed by atoms with Gasteiger partial charge in [-0.25, -0.2) is 4.79 Å². The summed E-state index contributed by atoms with van der Waals surface area (Å²) < 4.78 is 0. The van der Waals surface area contributed by atoms with Gasteiger partial charge in [-0.3, -0.25) is 14.5 Å². The molecule has 1 unspecified atom stereocenters. The number of piperidine rings is 1. The third kappa shape index (κ3) is 7.05. The molecule has 1 aromatic rings. The van der Waals surface area contributed by atoms with Crippen molar-refractivity contribution in [2.45, 2.75) is 32.7 Å². The summed E-state index contributed by atoms with van der Waals surface area (Å²) in [6, 6.07) is 8.61. The van der Waals surface area contributed by atoms with Crippen LogP contribution in [0.3, 0.4) is 0 Å². The predicted molar refractivity (Wildman–Crippen MR) is 111 cm³/mol. The first-order chi connectivity index (χ1) is 13.9. The molecule has 1 aromatic carbocycles. The summed E-state index contributed by atoms with van der Waals surface area (Å²) in [4.78, 5) is 36.4. The van der Waals surface area contributed by atoms with Gasteiger partial charge in [-0.2, -0.15) is 0 Å². The molecule has 2 aliphatic rings. The predicted octanol–water partition coefficient (Wildman–Crippen LogP) is 1.61. The third-order valence-corrected chi connectivity index (χ3v) is 5.49. The molecule has 2 aliphatic heterocycles. The normalized spacial score (nSPS) is 18.8. The maximum Gasteiger partial charge on any atom is 0.317 e. The van der Waals surface area contributed by atoms with Crippen LogP contribution < -0.4 is 10.6 Å². The maximum atomic E-state index is 12.5. The average molecular weight is 405 g/mol. The van der Waals surface area contributed by atoms with Crippen molar-refractivity contribution < 1.29 is 19.5 Å². The molecule has 8 heteroatoms. The topological polar surface area (TPSA) is 102 Å². The van der Waals surface area contributed by atoms with Crippen molar-refractivity contribution in [2.24, 2.45) is 5.92 Å². The second-order valence-corrected chi connectivity index (χ2v) is 7.71. The van der Waals surface area contributed by atoms with Gasteiger partial charge in [0.15, 0.2) is 0 Å². The number of amides is 3. The Kier molecular flexibility index (Phi) is 8.92. The molecule has 0 aromatic heterocycles. The molecule has 3 N–H and O–H groups in total. The lowest BCUT2D eigenvalue weighted by Gasteiger charge is -2.37. The number of piperazine rings is 1. The molecule has 2 heterocycles. The molecule has 2 fully saturated rings. The molecule has 160 valence electrons. The Morgan fingerprint density at radius 1 is 1.28 bits per heavy atom. The summed E-state index contributed by atoms with van der Waals surface area (Å²) >= 11 is 0. The van der Waals surface area contributed by atoms with Gasteiger partial charge in [-0.05, 0) is 44.3 Å². The number of hydrogen-bond donors (Lipinski definition) is 3. The lowest BCUT2D eigenvalue weighted by atomic mass is 9.95. The second-order valence-electron chi connectivity index (χ2n) is 7.71. The fourth-order valence-corrected chi connectivity index (χ4v) is 3.69. The molecule has 0 aliphatic carbocycles. The molecule has 3 rings (SSSR count). The number of hydrogen-bond acceptors (Lipinski definition) is 4. The summed E-state index contributed by atoms with van der Waals surface area (Å²) in [5.41, 5.74) is 2.48. The Hall–Kier alpha value is -2.61. The van der Waals surface area contributed by atoms with Crippen LogP contribution in [-0.2, 0) is 9.59 Å². The Morgan fingerprint density at radius 2 is 1.90 bits per heavy atom. The second kappa shape index (κ2) is 11.4. The van der Waals surface area contributed by atoms with E-state index in [-0.39, 0.29) is 31.0 Å². The lowest BCUT2D eigenvalue weighted by molar-refractivity contribution is -0.123. The largest absolute Gasteiger partial charge is 0.483 e. The number of benzene rings is 1. The summed E-state index contributed by atoms with van der Waals surface area (Å²) in [5, 5.41) is 12.7. The van der Waals surface area contributed by atoms with E-state index in [2.05, 4.69) is 53.6 Å². The van der Waals surface area contributed by atoms with E-state index in [1.54, 1.807) is 4.90 Å². The Morgan fingerprint density at radius 3 is 2.48 bits per heavy atom. The van der Waals surface area contributed by atoms with Crippen LogP contribution in [0, 0.1) is 12.8 Å². The van der Waals surface area contributed by atoms with Crippen LogP contribution in [-0.4, -0.2) is 72.6 Å². The van der Waals surface area contributed by atoms with E-state index in [0.29, 0.717) is 19.6 Å². The highest BCUT2D eigenvalue weighted by molar-refractivity contribution is 5.85. The number of nitrogens with one attached hydrogen (secondary N) is 2. The van der Waals surface area contributed by atoms with Gasteiger partial charge >= 0.3 is 6.03 Å². The van der Waals surface area contributed by atoms with E-state index in [4.69, 9.17) is 9.90 Å². The fourth-order valence-electron chi connectivity index (χ4n) is 3.69. The number of urea groups is 1. The zero-order chi connectivity index (χ0) is 21.2. The smallest absolute Gasteiger partial charge is 0.317 e. The van der Waals surface area contributed by atoms with Gasteiger partial charge in [0, 0.05) is 19.6 Å². The monoisotopic (exact) mass is 404 g/mol. The van der Waals surface area contributed by atoms with Gasteiger partial charge in [0.25, 0.3) is 6.47 Å². The number of carbonyl (C=O) groups excluding carboxylic acids is 2. The van der Waals surface area contributed by atoms with Crippen LogP contribution in [0.1, 0.15) is 36.9 Å². The molecular formula is C21H32N4O4. The molecule has 29 heavy (non-hydrogen) atoms. The third-order valence-electron chi connectivity index (χ3n) is 5.49. The standard InChI is InChI=1S/C20H30N4O2.CH2O2/c1-15-3-5-17(6-4-15)18(23-10-7-16(2)8-11-23)13-22-20(26)24-12-9-21-19(25)14-24;2-1-3/h3-6,16,18H,7-14H2,1-2H3,(H,21,25)(H,22,26);1H,(H,2,3). The zero-order valence-electron chi connectivity index (χ0n) is 17.3. The first-order valence-corrected chi connectivity index (χ1v) is 10.1. The highest BCUT2D eigenvalue weighted by Crippen LogP contribution is 2.26. The summed E-state index contributed by atoms with van der Waals surface area (Å²) in [5.74, 6) is 0.679. The molecule has 0 spiro atoms. The number of carboxylic acid groups (broad SMARTS) is 1. The van der Waals surface area contributed by atoms with E-state index in [1.165, 1.54) is 24.0 Å². The first-order valence-electron chi connectivity index (χ1n) is 10.1. The number of likely N-dealkylation sites (tertiary alicyclic amines) is 1. The van der Waals surface area contributed by atoms with E-state index in [9.17, 15) is 9.59 Å². The zero-order valence-corrected chi connectivity index (χ0v) is 17.3. The first kappa shape index (κ1) is 22.7. The van der Waals surface area contributed by atoms with Crippen molar-refractivity contribution in [1.29, 1.82) is 0 Å². The van der Waals surface area contributed by atoms with Crippen LogP contribution in [0.5, 0.6) is 0 Å². The average Bonchev–Trinajstić information content (AvgIpc) is 2.71. The minimum Gasteiger partial charge on any atom is -0.483 e. The van der Waals surface area contributed by atoms with Crippen molar-refractivity contribution in [3.05, 3.63) is 35.4 Å². The fraction of sp³-hybridized carbons (Fsp3) is 0.571. The van der Waals surface area contributed by atoms with Gasteiger partial charge < -0.3 is 20.6 Å². The number of rotatable bonds is 4. The molecule has 0 saturated carbocycles. The van der Waals surface area contributed by atoms with Crippen LogP contribution in [0.2, 0.25) is 0 Å². The van der Waals surface area contributed by atoms with E-state index < -0.39 is 0 Å². The highest BCUT2D eigenvalue weighted by Gasteiger charge is 2.27. The van der Waals surface area contributed by atoms with Crippen LogP contribution in [0.15, 0.2) is 24.3 Å². The van der Waals surface area contributed by atoms with Crippen LogP contribution in [0.4, 0.5) is 4.79 Å². The van der Waals surface area contributed by atoms with Crippen LogP contribution in [0.25, 0.3) is 0 Å². The van der Waals surface area contributed by atoms with Gasteiger partial charge in [0.05, 0.1) is 6.04 Å². The summed E-state index contributed by atoms with van der Waals surface area (Å²) in [7, 11) is 0. The maximum absolute atomic E-state index is 12.5. The number of carbonyl (C=O) groups is 3. The molecule has 3 amide bonds. The highest BCUT2D eigenvalue weighted by atomic mass is 16.3. The van der Waals surface area contributed by atoms with E-state index >= 15 is 0 Å². The number of aryl methyl sites for hydroxylation is 1. The summed E-state index contributed by atoms with van der Waals surface area (Å²) in [6.07, 6.45) is 2.39. The lowest BCUT2D eigenvalue weighted by Crippen LogP contribution is -2.54. The molecule has 0 radical (unpaired) electrons. The van der Waals surface area contributed by atoms with Crippen molar-refractivity contribution in [3.63, 3.8) is 0 Å². The van der Waals surface area contributed by atoms with Crippen molar-refractivity contribution >= 4 is 18.4 Å². The van der Waals surface area contributed by atoms with E-state index in [0.717, 1.165) is 19.0 Å².